The Labute approximate surface area is 112 Å². The van der Waals surface area contributed by atoms with Crippen LogP contribution in [0.5, 0.6) is 0 Å². The zero-order chi connectivity index (χ0) is 13.1. The number of hydrogen-bond donors (Lipinski definition) is 1. The van der Waals surface area contributed by atoms with Gasteiger partial charge in [0, 0.05) is 29.7 Å². The standard InChI is InChI=1S/C16H17N3/c1-2-16(13-6-4-3-5-7-13)19-12-15(11-18-19)14-8-9-17-10-14/h3-12,16-17H,2H2,1H3. The van der Waals surface area contributed by atoms with Crippen molar-refractivity contribution in [2.45, 2.75) is 19.4 Å². The summed E-state index contributed by atoms with van der Waals surface area (Å²) in [6, 6.07) is 12.9. The van der Waals surface area contributed by atoms with Crippen LogP contribution in [0.4, 0.5) is 0 Å². The van der Waals surface area contributed by atoms with Gasteiger partial charge in [-0.15, -0.1) is 0 Å². The molecule has 3 nitrogen and oxygen atoms in total. The van der Waals surface area contributed by atoms with Crippen molar-refractivity contribution < 1.29 is 0 Å². The first-order chi connectivity index (χ1) is 9.38. The van der Waals surface area contributed by atoms with Crippen LogP contribution in [0.15, 0.2) is 61.2 Å². The number of benzene rings is 1. The van der Waals surface area contributed by atoms with E-state index in [0.29, 0.717) is 6.04 Å². The van der Waals surface area contributed by atoms with Gasteiger partial charge in [0.05, 0.1) is 12.2 Å². The number of rotatable bonds is 4. The Bertz CT molecular complexity index is 623. The molecule has 0 fully saturated rings. The van der Waals surface area contributed by atoms with Crippen molar-refractivity contribution in [1.29, 1.82) is 0 Å². The fourth-order valence-electron chi connectivity index (χ4n) is 2.41. The lowest BCUT2D eigenvalue weighted by Crippen LogP contribution is -2.09. The van der Waals surface area contributed by atoms with E-state index in [0.717, 1.165) is 12.0 Å². The van der Waals surface area contributed by atoms with E-state index >= 15 is 0 Å². The second kappa shape index (κ2) is 5.14. The van der Waals surface area contributed by atoms with Crippen LogP contribution in [0.2, 0.25) is 0 Å². The number of hydrogen-bond acceptors (Lipinski definition) is 1. The minimum Gasteiger partial charge on any atom is -0.367 e. The van der Waals surface area contributed by atoms with Crippen molar-refractivity contribution in [3.8, 4) is 11.1 Å². The molecule has 0 amide bonds. The van der Waals surface area contributed by atoms with Crippen LogP contribution in [-0.2, 0) is 0 Å². The summed E-state index contributed by atoms with van der Waals surface area (Å²) >= 11 is 0. The van der Waals surface area contributed by atoms with E-state index in [-0.39, 0.29) is 0 Å². The SMILES string of the molecule is CCC(c1ccccc1)n1cc(-c2cc[nH]c2)cn1. The van der Waals surface area contributed by atoms with E-state index < -0.39 is 0 Å². The van der Waals surface area contributed by atoms with Gasteiger partial charge in [-0.25, -0.2) is 0 Å². The van der Waals surface area contributed by atoms with Crippen molar-refractivity contribution in [3.05, 3.63) is 66.7 Å². The lowest BCUT2D eigenvalue weighted by molar-refractivity contribution is 0.509. The number of aromatic nitrogens is 3. The monoisotopic (exact) mass is 251 g/mol. The van der Waals surface area contributed by atoms with E-state index in [2.05, 4.69) is 58.2 Å². The van der Waals surface area contributed by atoms with Gasteiger partial charge in [-0.3, -0.25) is 4.68 Å². The molecule has 1 atom stereocenters. The molecule has 3 heteroatoms. The smallest absolute Gasteiger partial charge is 0.0766 e. The summed E-state index contributed by atoms with van der Waals surface area (Å²) in [5.41, 5.74) is 3.62. The highest BCUT2D eigenvalue weighted by Crippen LogP contribution is 2.24. The molecular weight excluding hydrogens is 234 g/mol. The molecule has 0 radical (unpaired) electrons. The van der Waals surface area contributed by atoms with E-state index in [1.165, 1.54) is 11.1 Å². The van der Waals surface area contributed by atoms with Crippen LogP contribution in [0.1, 0.15) is 24.9 Å². The van der Waals surface area contributed by atoms with E-state index in [1.54, 1.807) is 0 Å². The van der Waals surface area contributed by atoms with Gasteiger partial charge in [0.25, 0.3) is 0 Å². The average molecular weight is 251 g/mol. The molecule has 19 heavy (non-hydrogen) atoms. The summed E-state index contributed by atoms with van der Waals surface area (Å²) < 4.78 is 2.05. The fourth-order valence-corrected chi connectivity index (χ4v) is 2.41. The lowest BCUT2D eigenvalue weighted by Gasteiger charge is -2.15. The molecule has 0 saturated carbocycles. The van der Waals surface area contributed by atoms with Crippen LogP contribution < -0.4 is 0 Å². The Morgan fingerprint density at radius 1 is 1.16 bits per heavy atom. The van der Waals surface area contributed by atoms with Crippen molar-refractivity contribution >= 4 is 0 Å². The summed E-state index contributed by atoms with van der Waals surface area (Å²) in [7, 11) is 0. The summed E-state index contributed by atoms with van der Waals surface area (Å²) in [4.78, 5) is 3.08. The highest BCUT2D eigenvalue weighted by molar-refractivity contribution is 5.60. The molecule has 3 rings (SSSR count). The highest BCUT2D eigenvalue weighted by atomic mass is 15.3. The highest BCUT2D eigenvalue weighted by Gasteiger charge is 2.12. The second-order valence-corrected chi connectivity index (χ2v) is 4.64. The Morgan fingerprint density at radius 3 is 2.68 bits per heavy atom. The number of H-pyrrole nitrogens is 1. The van der Waals surface area contributed by atoms with Crippen LogP contribution in [0.25, 0.3) is 11.1 Å². The van der Waals surface area contributed by atoms with E-state index in [9.17, 15) is 0 Å². The van der Waals surface area contributed by atoms with Crippen molar-refractivity contribution in [2.24, 2.45) is 0 Å². The molecule has 0 aliphatic carbocycles. The summed E-state index contributed by atoms with van der Waals surface area (Å²) in [5, 5.41) is 4.52. The number of nitrogens with one attached hydrogen (secondary N) is 1. The summed E-state index contributed by atoms with van der Waals surface area (Å²) in [6.07, 6.45) is 8.99. The Morgan fingerprint density at radius 2 is 2.00 bits per heavy atom. The predicted molar refractivity (Wildman–Crippen MR) is 76.9 cm³/mol. The molecule has 2 heterocycles. The molecule has 0 saturated heterocycles. The third-order valence-electron chi connectivity index (χ3n) is 3.42. The third-order valence-corrected chi connectivity index (χ3v) is 3.42. The summed E-state index contributed by atoms with van der Waals surface area (Å²) in [5.74, 6) is 0. The van der Waals surface area contributed by atoms with Gasteiger partial charge in [0.2, 0.25) is 0 Å². The molecule has 2 aromatic heterocycles. The van der Waals surface area contributed by atoms with Gasteiger partial charge in [0.1, 0.15) is 0 Å². The fraction of sp³-hybridized carbons (Fsp3) is 0.188. The molecule has 0 aliphatic rings. The van der Waals surface area contributed by atoms with Gasteiger partial charge < -0.3 is 4.98 Å². The molecule has 1 N–H and O–H groups in total. The minimum absolute atomic E-state index is 0.300. The predicted octanol–water partition coefficient (Wildman–Crippen LogP) is 3.88. The first-order valence-electron chi connectivity index (χ1n) is 6.60. The van der Waals surface area contributed by atoms with Gasteiger partial charge in [-0.2, -0.15) is 5.10 Å². The maximum Gasteiger partial charge on any atom is 0.0766 e. The first-order valence-corrected chi connectivity index (χ1v) is 6.60. The van der Waals surface area contributed by atoms with E-state index in [4.69, 9.17) is 0 Å². The van der Waals surface area contributed by atoms with Crippen LogP contribution >= 0.6 is 0 Å². The van der Waals surface area contributed by atoms with E-state index in [1.807, 2.05) is 24.7 Å². The molecule has 0 aliphatic heterocycles. The maximum absolute atomic E-state index is 4.52. The van der Waals surface area contributed by atoms with Gasteiger partial charge in [0.15, 0.2) is 0 Å². The number of nitrogens with zero attached hydrogens (tertiary/aromatic N) is 2. The molecule has 1 aromatic carbocycles. The Kier molecular flexibility index (Phi) is 3.19. The molecule has 0 bridgehead atoms. The lowest BCUT2D eigenvalue weighted by atomic mass is 10.1. The average Bonchev–Trinajstić information content (AvgIpc) is 3.11. The van der Waals surface area contributed by atoms with Crippen molar-refractivity contribution in [1.82, 2.24) is 14.8 Å². The number of aromatic amines is 1. The van der Waals surface area contributed by atoms with Gasteiger partial charge >= 0.3 is 0 Å². The normalized spacial score (nSPS) is 12.5. The molecule has 0 spiro atoms. The summed E-state index contributed by atoms with van der Waals surface area (Å²) in [6.45, 7) is 2.19. The zero-order valence-corrected chi connectivity index (χ0v) is 11.0. The largest absolute Gasteiger partial charge is 0.367 e. The van der Waals surface area contributed by atoms with Crippen LogP contribution in [-0.4, -0.2) is 14.8 Å². The Hall–Kier alpha value is -2.29. The van der Waals surface area contributed by atoms with Gasteiger partial charge in [-0.05, 0) is 18.1 Å². The molecule has 1 unspecified atom stereocenters. The third kappa shape index (κ3) is 2.32. The topological polar surface area (TPSA) is 33.6 Å². The Balaban J connectivity index is 1.93. The second-order valence-electron chi connectivity index (χ2n) is 4.64. The first kappa shape index (κ1) is 11.8. The maximum atomic E-state index is 4.52. The molecular formula is C16H17N3. The van der Waals surface area contributed by atoms with Gasteiger partial charge in [-0.1, -0.05) is 37.3 Å². The van der Waals surface area contributed by atoms with Crippen molar-refractivity contribution in [3.63, 3.8) is 0 Å². The zero-order valence-electron chi connectivity index (χ0n) is 11.0. The quantitative estimate of drug-likeness (QED) is 0.750. The molecule has 3 aromatic rings. The molecule has 96 valence electrons. The van der Waals surface area contributed by atoms with Crippen molar-refractivity contribution in [2.75, 3.05) is 0 Å². The van der Waals surface area contributed by atoms with Crippen LogP contribution in [0.3, 0.4) is 0 Å². The minimum atomic E-state index is 0.300. The van der Waals surface area contributed by atoms with Crippen LogP contribution in [0, 0.1) is 0 Å².